The lowest BCUT2D eigenvalue weighted by molar-refractivity contribution is 0.0409. The lowest BCUT2D eigenvalue weighted by Crippen LogP contribution is -2.26. The summed E-state index contributed by atoms with van der Waals surface area (Å²) in [5, 5.41) is 3.03. The van der Waals surface area contributed by atoms with Crippen LogP contribution in [-0.4, -0.2) is 12.1 Å². The fourth-order valence-corrected chi connectivity index (χ4v) is 0.803. The van der Waals surface area contributed by atoms with Crippen molar-refractivity contribution in [1.82, 2.24) is 5.32 Å². The number of hydrogen-bond donors (Lipinski definition) is 1. The molecule has 74 valence electrons. The summed E-state index contributed by atoms with van der Waals surface area (Å²) in [7, 11) is 0. The molecule has 0 aliphatic heterocycles. The summed E-state index contributed by atoms with van der Waals surface area (Å²) in [6.07, 6.45) is 8.06. The molecule has 13 heavy (non-hydrogen) atoms. The molecule has 0 aromatic heterocycles. The van der Waals surface area contributed by atoms with Crippen molar-refractivity contribution in [1.29, 1.82) is 0 Å². The third-order valence-electron chi connectivity index (χ3n) is 1.17. The van der Waals surface area contributed by atoms with Crippen LogP contribution >= 0.6 is 0 Å². The molecule has 0 aromatic carbocycles. The minimum atomic E-state index is -0.178. The van der Waals surface area contributed by atoms with E-state index in [0.29, 0.717) is 6.54 Å². The number of hydrogen-bond acceptors (Lipinski definition) is 2. The maximum Gasteiger partial charge on any atom is 0.183 e. The Morgan fingerprint density at radius 1 is 1.54 bits per heavy atom. The van der Waals surface area contributed by atoms with E-state index in [2.05, 4.69) is 18.2 Å². The summed E-state index contributed by atoms with van der Waals surface area (Å²) in [6, 6.07) is 0. The monoisotopic (exact) mass is 181 g/mol. The van der Waals surface area contributed by atoms with E-state index in [1.807, 2.05) is 26.8 Å². The summed E-state index contributed by atoms with van der Waals surface area (Å²) >= 11 is 0. The molecule has 0 aliphatic rings. The Morgan fingerprint density at radius 3 is 2.54 bits per heavy atom. The zero-order valence-electron chi connectivity index (χ0n) is 8.98. The molecule has 0 bridgehead atoms. The van der Waals surface area contributed by atoms with Crippen molar-refractivity contribution < 1.29 is 4.74 Å². The third kappa shape index (κ3) is 7.27. The molecular formula is C11H19NO. The minimum absolute atomic E-state index is 0.178. The Labute approximate surface area is 81.4 Å². The van der Waals surface area contributed by atoms with Gasteiger partial charge in [0.05, 0.1) is 6.54 Å². The predicted octanol–water partition coefficient (Wildman–Crippen LogP) is 2.28. The Hall–Kier alpha value is -1.10. The van der Waals surface area contributed by atoms with Crippen molar-refractivity contribution in [3.63, 3.8) is 0 Å². The van der Waals surface area contributed by atoms with Crippen LogP contribution in [0.4, 0.5) is 0 Å². The molecule has 0 saturated heterocycles. The van der Waals surface area contributed by atoms with E-state index < -0.39 is 0 Å². The number of rotatable bonds is 4. The van der Waals surface area contributed by atoms with Gasteiger partial charge in [-0.1, -0.05) is 12.8 Å². The Bertz CT molecular complexity index is 205. The van der Waals surface area contributed by atoms with Crippen LogP contribution in [-0.2, 0) is 4.74 Å². The van der Waals surface area contributed by atoms with E-state index in [-0.39, 0.29) is 5.60 Å². The average molecular weight is 181 g/mol. The molecule has 0 aromatic rings. The zero-order chi connectivity index (χ0) is 10.3. The van der Waals surface area contributed by atoms with Gasteiger partial charge in [-0.05, 0) is 33.3 Å². The molecule has 2 heteroatoms. The van der Waals surface area contributed by atoms with Gasteiger partial charge in [0, 0.05) is 0 Å². The molecule has 0 fully saturated rings. The summed E-state index contributed by atoms with van der Waals surface area (Å²) in [5.74, 6) is 3.28. The van der Waals surface area contributed by atoms with Crippen LogP contribution in [0, 0.1) is 12.3 Å². The van der Waals surface area contributed by atoms with Crippen molar-refractivity contribution in [2.45, 2.75) is 39.7 Å². The van der Waals surface area contributed by atoms with Gasteiger partial charge in [0.15, 0.2) is 5.88 Å². The van der Waals surface area contributed by atoms with Crippen LogP contribution in [0.1, 0.15) is 34.1 Å². The molecule has 0 heterocycles. The molecule has 0 atom stereocenters. The van der Waals surface area contributed by atoms with Crippen LogP contribution in [0.15, 0.2) is 12.0 Å². The Kier molecular flexibility index (Phi) is 5.06. The van der Waals surface area contributed by atoms with E-state index in [0.717, 1.165) is 12.3 Å². The van der Waals surface area contributed by atoms with Gasteiger partial charge < -0.3 is 10.1 Å². The molecule has 0 saturated carbocycles. The first-order valence-electron chi connectivity index (χ1n) is 4.56. The highest BCUT2D eigenvalue weighted by atomic mass is 16.5. The van der Waals surface area contributed by atoms with Crippen molar-refractivity contribution in [3.8, 4) is 12.3 Å². The van der Waals surface area contributed by atoms with Crippen LogP contribution in [0.3, 0.4) is 0 Å². The maximum atomic E-state index is 5.63. The molecule has 0 spiro atoms. The summed E-state index contributed by atoms with van der Waals surface area (Å²) in [6.45, 7) is 8.58. The SMILES string of the molecule is C#CCN/C(=C/CC)OC(C)(C)C. The second-order valence-electron chi connectivity index (χ2n) is 3.75. The second kappa shape index (κ2) is 5.53. The largest absolute Gasteiger partial charge is 0.474 e. The van der Waals surface area contributed by atoms with Crippen LogP contribution < -0.4 is 5.32 Å². The van der Waals surface area contributed by atoms with Crippen molar-refractivity contribution in [2.75, 3.05) is 6.54 Å². The fourth-order valence-electron chi connectivity index (χ4n) is 0.803. The molecule has 0 radical (unpaired) electrons. The van der Waals surface area contributed by atoms with E-state index >= 15 is 0 Å². The lowest BCUT2D eigenvalue weighted by Gasteiger charge is -2.23. The normalized spacial score (nSPS) is 12.1. The van der Waals surface area contributed by atoms with Gasteiger partial charge in [0.1, 0.15) is 5.60 Å². The highest BCUT2D eigenvalue weighted by Crippen LogP contribution is 2.11. The molecule has 0 rings (SSSR count). The van der Waals surface area contributed by atoms with Crippen molar-refractivity contribution in [2.24, 2.45) is 0 Å². The van der Waals surface area contributed by atoms with Crippen LogP contribution in [0.25, 0.3) is 0 Å². The van der Waals surface area contributed by atoms with E-state index in [9.17, 15) is 0 Å². The van der Waals surface area contributed by atoms with E-state index in [4.69, 9.17) is 11.2 Å². The molecular weight excluding hydrogens is 162 g/mol. The fraction of sp³-hybridized carbons (Fsp3) is 0.636. The first kappa shape index (κ1) is 11.9. The van der Waals surface area contributed by atoms with Crippen molar-refractivity contribution >= 4 is 0 Å². The third-order valence-corrected chi connectivity index (χ3v) is 1.17. The minimum Gasteiger partial charge on any atom is -0.474 e. The van der Waals surface area contributed by atoms with Gasteiger partial charge in [0.25, 0.3) is 0 Å². The number of nitrogens with one attached hydrogen (secondary N) is 1. The topological polar surface area (TPSA) is 21.3 Å². The van der Waals surface area contributed by atoms with Gasteiger partial charge in [-0.3, -0.25) is 0 Å². The predicted molar refractivity (Wildman–Crippen MR) is 56.0 cm³/mol. The Morgan fingerprint density at radius 2 is 2.15 bits per heavy atom. The quantitative estimate of drug-likeness (QED) is 0.530. The van der Waals surface area contributed by atoms with Gasteiger partial charge >= 0.3 is 0 Å². The molecule has 0 aliphatic carbocycles. The van der Waals surface area contributed by atoms with Crippen molar-refractivity contribution in [3.05, 3.63) is 12.0 Å². The standard InChI is InChI=1S/C11H19NO/c1-6-8-10(12-9-7-2)13-11(3,4)5/h2,8,12H,6,9H2,1,3-5H3/b10-8-. The lowest BCUT2D eigenvalue weighted by atomic mass is 10.2. The molecule has 0 amide bonds. The number of terminal acetylenes is 1. The molecule has 1 N–H and O–H groups in total. The average Bonchev–Trinajstić information content (AvgIpc) is 1.98. The number of allylic oxidation sites excluding steroid dienone is 1. The number of ether oxygens (including phenoxy) is 1. The summed E-state index contributed by atoms with van der Waals surface area (Å²) < 4.78 is 5.63. The van der Waals surface area contributed by atoms with E-state index in [1.54, 1.807) is 0 Å². The second-order valence-corrected chi connectivity index (χ2v) is 3.75. The van der Waals surface area contributed by atoms with Crippen LogP contribution in [0.2, 0.25) is 0 Å². The Balaban J connectivity index is 4.13. The van der Waals surface area contributed by atoms with E-state index in [1.165, 1.54) is 0 Å². The smallest absolute Gasteiger partial charge is 0.183 e. The first-order chi connectivity index (χ1) is 5.99. The molecule has 2 nitrogen and oxygen atoms in total. The van der Waals surface area contributed by atoms with Gasteiger partial charge in [-0.15, -0.1) is 6.42 Å². The van der Waals surface area contributed by atoms with Gasteiger partial charge in [-0.25, -0.2) is 0 Å². The first-order valence-corrected chi connectivity index (χ1v) is 4.56. The molecule has 0 unspecified atom stereocenters. The highest BCUT2D eigenvalue weighted by molar-refractivity contribution is 4.97. The summed E-state index contributed by atoms with van der Waals surface area (Å²) in [5.41, 5.74) is -0.178. The van der Waals surface area contributed by atoms with Gasteiger partial charge in [-0.2, -0.15) is 0 Å². The maximum absolute atomic E-state index is 5.63. The zero-order valence-corrected chi connectivity index (χ0v) is 8.98. The van der Waals surface area contributed by atoms with Crippen LogP contribution in [0.5, 0.6) is 0 Å². The highest BCUT2D eigenvalue weighted by Gasteiger charge is 2.12. The van der Waals surface area contributed by atoms with Gasteiger partial charge in [0.2, 0.25) is 0 Å². The summed E-state index contributed by atoms with van der Waals surface area (Å²) in [4.78, 5) is 0.